The van der Waals surface area contributed by atoms with Gasteiger partial charge in [-0.05, 0) is 45.6 Å². The Kier molecular flexibility index (Phi) is 7.21. The first-order valence-corrected chi connectivity index (χ1v) is 11.7. The maximum absolute atomic E-state index is 12.5. The van der Waals surface area contributed by atoms with Gasteiger partial charge in [-0.1, -0.05) is 42.5 Å². The second kappa shape index (κ2) is 9.65. The fourth-order valence-corrected chi connectivity index (χ4v) is 4.79. The number of sulfonamides is 1. The molecule has 0 spiro atoms. The molecule has 1 heterocycles. The molecule has 0 saturated heterocycles. The molecule has 2 aromatic carbocycles. The van der Waals surface area contributed by atoms with Crippen molar-refractivity contribution in [3.05, 3.63) is 88.1 Å². The zero-order chi connectivity index (χ0) is 20.9. The van der Waals surface area contributed by atoms with Crippen molar-refractivity contribution in [1.29, 1.82) is 0 Å². The summed E-state index contributed by atoms with van der Waals surface area (Å²) in [5.74, 6) is 0. The van der Waals surface area contributed by atoms with Crippen molar-refractivity contribution in [2.75, 3.05) is 20.6 Å². The number of rotatable bonds is 9. The van der Waals surface area contributed by atoms with Crippen LogP contribution in [-0.4, -0.2) is 43.4 Å². The van der Waals surface area contributed by atoms with Gasteiger partial charge in [0.2, 0.25) is 10.0 Å². The van der Waals surface area contributed by atoms with Gasteiger partial charge in [0.1, 0.15) is 0 Å². The molecule has 7 heteroatoms. The molecule has 0 bridgehead atoms. The zero-order valence-corrected chi connectivity index (χ0v) is 18.2. The average molecular weight is 431 g/mol. The Balaban J connectivity index is 1.82. The van der Waals surface area contributed by atoms with Gasteiger partial charge in [-0.3, -0.25) is 4.90 Å². The molecule has 0 aliphatic heterocycles. The van der Waals surface area contributed by atoms with Crippen molar-refractivity contribution in [1.82, 2.24) is 9.21 Å². The number of nitrogens with zero attached hydrogens (tertiary/aromatic N) is 2. The van der Waals surface area contributed by atoms with E-state index in [1.807, 2.05) is 41.1 Å². The standard InChI is InChI=1S/C22H26N2O3S2/c1-23(2)29(26,27)21-10-6-9-19(13-21)15-24(14-18-7-4-3-5-8-18)16-22(25)20-11-12-28-17-20/h3-13,17,22,25H,14-16H2,1-2H3/t22-/m1/s1. The number of benzene rings is 2. The number of aliphatic hydroxyl groups is 1. The minimum absolute atomic E-state index is 0.276. The second-order valence-corrected chi connectivity index (χ2v) is 10.1. The molecule has 1 aromatic heterocycles. The van der Waals surface area contributed by atoms with Crippen LogP contribution in [0.1, 0.15) is 22.8 Å². The van der Waals surface area contributed by atoms with Crippen LogP contribution in [0.4, 0.5) is 0 Å². The SMILES string of the molecule is CN(C)S(=O)(=O)c1cccc(CN(Cc2ccccc2)C[C@@H](O)c2ccsc2)c1. The van der Waals surface area contributed by atoms with Gasteiger partial charge in [-0.25, -0.2) is 12.7 Å². The highest BCUT2D eigenvalue weighted by molar-refractivity contribution is 7.89. The smallest absolute Gasteiger partial charge is 0.242 e. The van der Waals surface area contributed by atoms with E-state index < -0.39 is 16.1 Å². The molecule has 1 atom stereocenters. The average Bonchev–Trinajstić information content (AvgIpc) is 3.24. The van der Waals surface area contributed by atoms with Crippen molar-refractivity contribution in [2.24, 2.45) is 0 Å². The van der Waals surface area contributed by atoms with Crippen molar-refractivity contribution < 1.29 is 13.5 Å². The highest BCUT2D eigenvalue weighted by atomic mass is 32.2. The predicted octanol–water partition coefficient (Wildman–Crippen LogP) is 3.73. The van der Waals surface area contributed by atoms with Crippen LogP contribution in [0, 0.1) is 0 Å². The Morgan fingerprint density at radius 2 is 1.66 bits per heavy atom. The van der Waals surface area contributed by atoms with E-state index in [9.17, 15) is 13.5 Å². The van der Waals surface area contributed by atoms with Gasteiger partial charge in [-0.2, -0.15) is 11.3 Å². The molecule has 5 nitrogen and oxygen atoms in total. The molecule has 154 valence electrons. The van der Waals surface area contributed by atoms with Crippen LogP contribution in [0.2, 0.25) is 0 Å². The molecule has 3 aromatic rings. The van der Waals surface area contributed by atoms with Crippen molar-refractivity contribution >= 4 is 21.4 Å². The number of thiophene rings is 1. The molecule has 0 aliphatic rings. The highest BCUT2D eigenvalue weighted by Crippen LogP contribution is 2.21. The van der Waals surface area contributed by atoms with Gasteiger partial charge in [0.25, 0.3) is 0 Å². The van der Waals surface area contributed by atoms with Crippen LogP contribution < -0.4 is 0 Å². The van der Waals surface area contributed by atoms with Crippen molar-refractivity contribution in [3.8, 4) is 0 Å². The molecule has 0 aliphatic carbocycles. The van der Waals surface area contributed by atoms with Crippen LogP contribution >= 0.6 is 11.3 Å². The van der Waals surface area contributed by atoms with Gasteiger partial charge >= 0.3 is 0 Å². The Hall–Kier alpha value is -2.03. The summed E-state index contributed by atoms with van der Waals surface area (Å²) in [5, 5.41) is 14.6. The number of hydrogen-bond acceptors (Lipinski definition) is 5. The van der Waals surface area contributed by atoms with E-state index in [1.54, 1.807) is 29.5 Å². The van der Waals surface area contributed by atoms with Gasteiger partial charge < -0.3 is 5.11 Å². The third kappa shape index (κ3) is 5.74. The second-order valence-electron chi connectivity index (χ2n) is 7.16. The first-order valence-electron chi connectivity index (χ1n) is 9.34. The largest absolute Gasteiger partial charge is 0.387 e. The third-order valence-corrected chi connectivity index (χ3v) is 7.20. The Morgan fingerprint density at radius 1 is 0.966 bits per heavy atom. The molecule has 0 saturated carbocycles. The molecule has 0 unspecified atom stereocenters. The maximum atomic E-state index is 12.5. The van der Waals surface area contributed by atoms with Gasteiger partial charge in [0, 0.05) is 33.7 Å². The van der Waals surface area contributed by atoms with E-state index in [4.69, 9.17) is 0 Å². The van der Waals surface area contributed by atoms with E-state index in [1.165, 1.54) is 18.4 Å². The van der Waals surface area contributed by atoms with Crippen LogP contribution in [-0.2, 0) is 23.1 Å². The lowest BCUT2D eigenvalue weighted by atomic mass is 10.1. The summed E-state index contributed by atoms with van der Waals surface area (Å²) in [4.78, 5) is 2.41. The van der Waals surface area contributed by atoms with Crippen LogP contribution in [0.3, 0.4) is 0 Å². The van der Waals surface area contributed by atoms with Gasteiger partial charge in [0.05, 0.1) is 11.0 Å². The van der Waals surface area contributed by atoms with Crippen LogP contribution in [0.5, 0.6) is 0 Å². The first kappa shape index (κ1) is 21.7. The fraction of sp³-hybridized carbons (Fsp3) is 0.273. The van der Waals surface area contributed by atoms with Gasteiger partial charge in [0.15, 0.2) is 0 Å². The number of hydrogen-bond donors (Lipinski definition) is 1. The topological polar surface area (TPSA) is 60.9 Å². The van der Waals surface area contributed by atoms with E-state index in [0.717, 1.165) is 16.7 Å². The molecular formula is C22H26N2O3S2. The van der Waals surface area contributed by atoms with E-state index in [2.05, 4.69) is 17.0 Å². The lowest BCUT2D eigenvalue weighted by Crippen LogP contribution is -2.28. The Morgan fingerprint density at radius 3 is 2.31 bits per heavy atom. The molecule has 29 heavy (non-hydrogen) atoms. The Bertz CT molecular complexity index is 1000. The first-order chi connectivity index (χ1) is 13.9. The maximum Gasteiger partial charge on any atom is 0.242 e. The van der Waals surface area contributed by atoms with Crippen LogP contribution in [0.15, 0.2) is 76.3 Å². The Labute approximate surface area is 176 Å². The zero-order valence-electron chi connectivity index (χ0n) is 16.6. The van der Waals surface area contributed by atoms with E-state index in [-0.39, 0.29) is 4.90 Å². The lowest BCUT2D eigenvalue weighted by molar-refractivity contribution is 0.105. The molecule has 0 fully saturated rings. The molecular weight excluding hydrogens is 404 g/mol. The summed E-state index contributed by atoms with van der Waals surface area (Å²) in [6.07, 6.45) is -0.598. The molecule has 0 radical (unpaired) electrons. The fourth-order valence-electron chi connectivity index (χ4n) is 3.11. The van der Waals surface area contributed by atoms with Crippen molar-refractivity contribution in [3.63, 3.8) is 0 Å². The molecule has 1 N–H and O–H groups in total. The minimum atomic E-state index is -3.49. The van der Waals surface area contributed by atoms with E-state index >= 15 is 0 Å². The van der Waals surface area contributed by atoms with Gasteiger partial charge in [-0.15, -0.1) is 0 Å². The minimum Gasteiger partial charge on any atom is -0.387 e. The quantitative estimate of drug-likeness (QED) is 0.562. The summed E-state index contributed by atoms with van der Waals surface area (Å²) in [7, 11) is -0.428. The normalized spacial score (nSPS) is 13.1. The summed E-state index contributed by atoms with van der Waals surface area (Å²) in [6, 6.07) is 19.0. The van der Waals surface area contributed by atoms with Crippen LogP contribution in [0.25, 0.3) is 0 Å². The summed E-state index contributed by atoms with van der Waals surface area (Å²) < 4.78 is 26.2. The monoisotopic (exact) mass is 430 g/mol. The molecule has 3 rings (SSSR count). The molecule has 0 amide bonds. The highest BCUT2D eigenvalue weighted by Gasteiger charge is 2.19. The summed E-state index contributed by atoms with van der Waals surface area (Å²) >= 11 is 1.56. The van der Waals surface area contributed by atoms with E-state index in [0.29, 0.717) is 19.6 Å². The summed E-state index contributed by atoms with van der Waals surface area (Å²) in [5.41, 5.74) is 2.93. The number of aliphatic hydroxyl groups excluding tert-OH is 1. The predicted molar refractivity (Wildman–Crippen MR) is 117 cm³/mol. The summed E-state index contributed by atoms with van der Waals surface area (Å²) in [6.45, 7) is 1.65. The van der Waals surface area contributed by atoms with Crippen molar-refractivity contribution in [2.45, 2.75) is 24.1 Å². The lowest BCUT2D eigenvalue weighted by Gasteiger charge is -2.25. The third-order valence-electron chi connectivity index (χ3n) is 4.69.